The predicted octanol–water partition coefficient (Wildman–Crippen LogP) is 4.28. The van der Waals surface area contributed by atoms with E-state index in [4.69, 9.17) is 0 Å². The minimum atomic E-state index is 0. The Morgan fingerprint density at radius 1 is 0.800 bits per heavy atom. The molecule has 0 aliphatic heterocycles. The molecular formula is C14H27W-3. The molecule has 0 nitrogen and oxygen atoms in total. The summed E-state index contributed by atoms with van der Waals surface area (Å²) in [5.41, 5.74) is 0. The third-order valence-electron chi connectivity index (χ3n) is 4.43. The molecule has 1 rings (SSSR count). The quantitative estimate of drug-likeness (QED) is 0.435. The molecule has 0 amide bonds. The van der Waals surface area contributed by atoms with Crippen LogP contribution >= 0.6 is 0 Å². The molecule has 1 fully saturated rings. The summed E-state index contributed by atoms with van der Waals surface area (Å²) in [5, 5.41) is 0. The van der Waals surface area contributed by atoms with Crippen LogP contribution in [-0.4, -0.2) is 0 Å². The monoisotopic (exact) mass is 379 g/mol. The van der Waals surface area contributed by atoms with Crippen molar-refractivity contribution in [3.05, 3.63) is 21.3 Å². The normalized spacial score (nSPS) is 46.0. The molecule has 0 aromatic rings. The molecular weight excluding hydrogens is 352 g/mol. The van der Waals surface area contributed by atoms with E-state index in [-0.39, 0.29) is 28.5 Å². The second-order valence-corrected chi connectivity index (χ2v) is 5.24. The number of hydrogen-bond acceptors (Lipinski definition) is 0. The molecule has 0 aromatic heterocycles. The third kappa shape index (κ3) is 3.88. The molecule has 92 valence electrons. The molecule has 1 aliphatic rings. The summed E-state index contributed by atoms with van der Waals surface area (Å²) in [6.07, 6.45) is 1.33. The molecule has 0 spiro atoms. The molecule has 1 aliphatic carbocycles. The van der Waals surface area contributed by atoms with Crippen molar-refractivity contribution in [1.29, 1.82) is 0 Å². The Morgan fingerprint density at radius 2 is 1.27 bits per heavy atom. The first-order valence-electron chi connectivity index (χ1n) is 5.61. The molecule has 0 heterocycles. The molecule has 0 radical (unpaired) electrons. The van der Waals surface area contributed by atoms with Crippen molar-refractivity contribution in [3.8, 4) is 0 Å². The van der Waals surface area contributed by atoms with Gasteiger partial charge in [0.05, 0.1) is 0 Å². The van der Waals surface area contributed by atoms with Crippen LogP contribution in [0.3, 0.4) is 0 Å². The molecule has 6 unspecified atom stereocenters. The fourth-order valence-corrected chi connectivity index (χ4v) is 2.70. The van der Waals surface area contributed by atoms with Gasteiger partial charge < -0.3 is 21.3 Å². The van der Waals surface area contributed by atoms with Crippen molar-refractivity contribution >= 4 is 0 Å². The largest absolute Gasteiger partial charge is 0.358 e. The van der Waals surface area contributed by atoms with Crippen molar-refractivity contribution in [3.63, 3.8) is 0 Å². The minimum absolute atomic E-state index is 0. The van der Waals surface area contributed by atoms with Gasteiger partial charge in [0.15, 0.2) is 0 Å². The van der Waals surface area contributed by atoms with E-state index in [2.05, 4.69) is 41.5 Å². The second-order valence-electron chi connectivity index (χ2n) is 5.24. The van der Waals surface area contributed by atoms with Crippen molar-refractivity contribution < 1.29 is 21.1 Å². The van der Waals surface area contributed by atoms with Crippen molar-refractivity contribution in [1.82, 2.24) is 0 Å². The summed E-state index contributed by atoms with van der Waals surface area (Å²) in [7, 11) is 0. The molecule has 0 bridgehead atoms. The molecule has 0 saturated heterocycles. The van der Waals surface area contributed by atoms with Gasteiger partial charge in [-0.25, -0.2) is 0 Å². The zero-order chi connectivity index (χ0) is 10.2. The van der Waals surface area contributed by atoms with Crippen molar-refractivity contribution in [2.45, 2.75) is 34.1 Å². The van der Waals surface area contributed by atoms with Crippen LogP contribution in [0.1, 0.15) is 34.1 Å². The predicted molar refractivity (Wildman–Crippen MR) is 65.4 cm³/mol. The number of hydrogen-bond donors (Lipinski definition) is 0. The first kappa shape index (κ1) is 18.1. The van der Waals surface area contributed by atoms with Gasteiger partial charge in [0.1, 0.15) is 0 Å². The van der Waals surface area contributed by atoms with E-state index in [0.717, 1.165) is 23.7 Å². The Morgan fingerprint density at radius 3 is 1.73 bits per heavy atom. The summed E-state index contributed by atoms with van der Waals surface area (Å²) >= 11 is 0. The van der Waals surface area contributed by atoms with Gasteiger partial charge in [0.2, 0.25) is 0 Å². The van der Waals surface area contributed by atoms with Crippen molar-refractivity contribution in [2.24, 2.45) is 35.5 Å². The van der Waals surface area contributed by atoms with E-state index in [1.165, 1.54) is 6.42 Å². The summed E-state index contributed by atoms with van der Waals surface area (Å²) < 4.78 is 0. The maximum atomic E-state index is 4.29. The summed E-state index contributed by atoms with van der Waals surface area (Å²) in [6.45, 7) is 18.0. The summed E-state index contributed by atoms with van der Waals surface area (Å²) in [5.74, 6) is 4.18. The van der Waals surface area contributed by atoms with E-state index in [0.29, 0.717) is 11.8 Å². The first-order chi connectivity index (χ1) is 5.95. The average molecular weight is 379 g/mol. The molecule has 1 saturated carbocycles. The summed E-state index contributed by atoms with van der Waals surface area (Å²) in [4.78, 5) is 0. The van der Waals surface area contributed by atoms with Crippen LogP contribution in [0, 0.1) is 56.8 Å². The standard InChI is InChI=1S/C13H24.CH3.W/c1-8-7-9(2)11(4)13(6)12(5)10(8)3;;/h8-13H,3,5,7H2,1-2,4,6H3;1H3;/q-2;-1;. The fourth-order valence-electron chi connectivity index (χ4n) is 2.70. The third-order valence-corrected chi connectivity index (χ3v) is 4.43. The van der Waals surface area contributed by atoms with E-state index in [1.54, 1.807) is 0 Å². The van der Waals surface area contributed by atoms with E-state index < -0.39 is 0 Å². The molecule has 15 heavy (non-hydrogen) atoms. The SMILES string of the molecule is [CH2-]C1C(C)CC(C)C(C)C(C)C1[CH2-].[CH3-].[W]. The van der Waals surface area contributed by atoms with Gasteiger partial charge in [-0.1, -0.05) is 46.0 Å². The van der Waals surface area contributed by atoms with Crippen LogP contribution in [0.4, 0.5) is 0 Å². The zero-order valence-corrected chi connectivity index (χ0v) is 13.9. The summed E-state index contributed by atoms with van der Waals surface area (Å²) in [6, 6.07) is 0. The fraction of sp³-hybridized carbons (Fsp3) is 0.786. The maximum Gasteiger partial charge on any atom is 0 e. The average Bonchev–Trinajstić information content (AvgIpc) is 2.15. The van der Waals surface area contributed by atoms with Gasteiger partial charge >= 0.3 is 0 Å². The second kappa shape index (κ2) is 7.10. The van der Waals surface area contributed by atoms with Gasteiger partial charge in [-0.2, -0.15) is 11.8 Å². The molecule has 0 N–H and O–H groups in total. The van der Waals surface area contributed by atoms with E-state index in [1.807, 2.05) is 0 Å². The van der Waals surface area contributed by atoms with Crippen LogP contribution in [0.2, 0.25) is 0 Å². The van der Waals surface area contributed by atoms with Crippen LogP contribution in [0.5, 0.6) is 0 Å². The Kier molecular flexibility index (Phi) is 8.55. The van der Waals surface area contributed by atoms with E-state index in [9.17, 15) is 0 Å². The number of rotatable bonds is 0. The van der Waals surface area contributed by atoms with Crippen LogP contribution in [0.15, 0.2) is 0 Å². The first-order valence-corrected chi connectivity index (χ1v) is 5.61. The molecule has 1 heteroatoms. The molecule has 0 aromatic carbocycles. The zero-order valence-electron chi connectivity index (χ0n) is 11.0. The van der Waals surface area contributed by atoms with Gasteiger partial charge in [-0.3, -0.25) is 0 Å². The molecule has 6 atom stereocenters. The van der Waals surface area contributed by atoms with Gasteiger partial charge in [-0.05, 0) is 11.8 Å². The van der Waals surface area contributed by atoms with Gasteiger partial charge in [0.25, 0.3) is 0 Å². The Balaban J connectivity index is 0. The Labute approximate surface area is 112 Å². The van der Waals surface area contributed by atoms with Gasteiger partial charge in [0, 0.05) is 21.1 Å². The Bertz CT molecular complexity index is 149. The van der Waals surface area contributed by atoms with Crippen LogP contribution < -0.4 is 0 Å². The minimum Gasteiger partial charge on any atom is -0.358 e. The topological polar surface area (TPSA) is 0 Å². The van der Waals surface area contributed by atoms with Crippen LogP contribution in [0.25, 0.3) is 0 Å². The van der Waals surface area contributed by atoms with Crippen molar-refractivity contribution in [2.75, 3.05) is 0 Å². The van der Waals surface area contributed by atoms with Crippen LogP contribution in [-0.2, 0) is 21.1 Å². The van der Waals surface area contributed by atoms with Gasteiger partial charge in [-0.15, -0.1) is 0 Å². The maximum absolute atomic E-state index is 4.29. The smallest absolute Gasteiger partial charge is 0 e. The Hall–Kier alpha value is 0.688. The van der Waals surface area contributed by atoms with E-state index >= 15 is 0 Å².